The fourth-order valence-corrected chi connectivity index (χ4v) is 3.04. The van der Waals surface area contributed by atoms with Gasteiger partial charge in [0.1, 0.15) is 5.25 Å². The van der Waals surface area contributed by atoms with Crippen molar-refractivity contribution >= 4 is 16.8 Å². The molecule has 2 atom stereocenters. The second-order valence-corrected chi connectivity index (χ2v) is 5.57. The number of esters is 1. The molecule has 0 radical (unpaired) electrons. The van der Waals surface area contributed by atoms with Crippen molar-refractivity contribution in [2.24, 2.45) is 0 Å². The van der Waals surface area contributed by atoms with Crippen molar-refractivity contribution in [2.75, 3.05) is 19.8 Å². The molecule has 0 spiro atoms. The zero-order chi connectivity index (χ0) is 11.3. The Kier molecular flexibility index (Phi) is 5.25. The Morgan fingerprint density at radius 2 is 2.13 bits per heavy atom. The highest BCUT2D eigenvalue weighted by Gasteiger charge is 2.29. The molecule has 0 N–H and O–H groups in total. The minimum absolute atomic E-state index is 0.0816. The van der Waals surface area contributed by atoms with E-state index in [1.807, 2.05) is 0 Å². The van der Waals surface area contributed by atoms with E-state index in [-0.39, 0.29) is 11.2 Å². The van der Waals surface area contributed by atoms with Crippen LogP contribution in [0, 0.1) is 0 Å². The molecule has 0 aromatic carbocycles. The van der Waals surface area contributed by atoms with Crippen molar-refractivity contribution in [1.82, 2.24) is 0 Å². The van der Waals surface area contributed by atoms with Gasteiger partial charge in [-0.1, -0.05) is 0 Å². The molecular weight excluding hydrogens is 216 g/mol. The molecule has 4 nitrogen and oxygen atoms in total. The van der Waals surface area contributed by atoms with E-state index >= 15 is 0 Å². The van der Waals surface area contributed by atoms with Crippen LogP contribution in [0.4, 0.5) is 0 Å². The first-order valence-electron chi connectivity index (χ1n) is 5.30. The van der Waals surface area contributed by atoms with Gasteiger partial charge in [-0.05, 0) is 26.7 Å². The molecule has 88 valence electrons. The lowest BCUT2D eigenvalue weighted by molar-refractivity contribution is -0.142. The second-order valence-electron chi connectivity index (χ2n) is 3.53. The van der Waals surface area contributed by atoms with E-state index < -0.39 is 16.0 Å². The van der Waals surface area contributed by atoms with Crippen LogP contribution in [0.15, 0.2) is 0 Å². The molecule has 0 aromatic rings. The molecule has 5 heteroatoms. The predicted octanol–water partition coefficient (Wildman–Crippen LogP) is 0.866. The molecule has 15 heavy (non-hydrogen) atoms. The van der Waals surface area contributed by atoms with Crippen LogP contribution in [-0.4, -0.2) is 40.5 Å². The van der Waals surface area contributed by atoms with Gasteiger partial charge in [0.05, 0.1) is 6.61 Å². The largest absolute Gasteiger partial charge is 0.465 e. The zero-order valence-corrected chi connectivity index (χ0v) is 10.0. The van der Waals surface area contributed by atoms with Crippen molar-refractivity contribution in [3.05, 3.63) is 0 Å². The van der Waals surface area contributed by atoms with Crippen LogP contribution in [-0.2, 0) is 25.1 Å². The lowest BCUT2D eigenvalue weighted by atomic mass is 10.2. The van der Waals surface area contributed by atoms with Gasteiger partial charge in [-0.25, -0.2) is 0 Å². The minimum atomic E-state index is -1.14. The van der Waals surface area contributed by atoms with E-state index in [0.29, 0.717) is 19.8 Å². The predicted molar refractivity (Wildman–Crippen MR) is 58.1 cm³/mol. The smallest absolute Gasteiger partial charge is 0.321 e. The molecule has 1 rings (SSSR count). The maximum atomic E-state index is 12.0. The van der Waals surface area contributed by atoms with Crippen LogP contribution in [0.2, 0.25) is 0 Å². The summed E-state index contributed by atoms with van der Waals surface area (Å²) < 4.78 is 22.0. The molecular formula is C10H18O4S. The van der Waals surface area contributed by atoms with Gasteiger partial charge in [0.25, 0.3) is 0 Å². The number of hydrogen-bond donors (Lipinski definition) is 0. The normalized spacial score (nSPS) is 22.0. The summed E-state index contributed by atoms with van der Waals surface area (Å²) >= 11 is 0. The van der Waals surface area contributed by atoms with Gasteiger partial charge in [-0.3, -0.25) is 9.00 Å². The summed E-state index contributed by atoms with van der Waals surface area (Å²) in [5, 5.41) is -0.439. The molecule has 1 fully saturated rings. The van der Waals surface area contributed by atoms with E-state index in [1.54, 1.807) is 13.8 Å². The Labute approximate surface area is 92.8 Å². The highest BCUT2D eigenvalue weighted by molar-refractivity contribution is 7.87. The third-order valence-electron chi connectivity index (χ3n) is 2.46. The topological polar surface area (TPSA) is 52.6 Å². The summed E-state index contributed by atoms with van der Waals surface area (Å²) in [6.07, 6.45) is 1.55. The summed E-state index contributed by atoms with van der Waals surface area (Å²) in [4.78, 5) is 11.4. The average Bonchev–Trinajstić information content (AvgIpc) is 2.28. The molecule has 1 heterocycles. The Bertz CT molecular complexity index is 236. The Morgan fingerprint density at radius 1 is 1.53 bits per heavy atom. The Balaban J connectivity index is 2.47. The maximum Gasteiger partial charge on any atom is 0.321 e. The third kappa shape index (κ3) is 3.57. The molecule has 1 aliphatic heterocycles. The van der Waals surface area contributed by atoms with Gasteiger partial charge in [0.15, 0.2) is 0 Å². The highest BCUT2D eigenvalue weighted by Crippen LogP contribution is 2.17. The third-order valence-corrected chi connectivity index (χ3v) is 4.48. The van der Waals surface area contributed by atoms with Gasteiger partial charge < -0.3 is 9.47 Å². The molecule has 0 aliphatic carbocycles. The molecule has 0 aromatic heterocycles. The SMILES string of the molecule is CCOC(=O)C(C)S(=O)C1CCOCC1. The van der Waals surface area contributed by atoms with E-state index in [1.165, 1.54) is 0 Å². The van der Waals surface area contributed by atoms with Gasteiger partial charge >= 0.3 is 5.97 Å². The monoisotopic (exact) mass is 234 g/mol. The average molecular weight is 234 g/mol. The fourth-order valence-electron chi connectivity index (χ4n) is 1.55. The maximum absolute atomic E-state index is 12.0. The summed E-state index contributed by atoms with van der Waals surface area (Å²) in [6, 6.07) is 0. The van der Waals surface area contributed by atoms with Gasteiger partial charge in [-0.15, -0.1) is 0 Å². The molecule has 0 amide bonds. The Morgan fingerprint density at radius 3 is 2.67 bits per heavy atom. The van der Waals surface area contributed by atoms with Crippen molar-refractivity contribution in [1.29, 1.82) is 0 Å². The zero-order valence-electron chi connectivity index (χ0n) is 9.23. The Hall–Kier alpha value is -0.420. The first-order valence-corrected chi connectivity index (χ1v) is 6.58. The van der Waals surface area contributed by atoms with Crippen molar-refractivity contribution < 1.29 is 18.5 Å². The summed E-state index contributed by atoms with van der Waals surface area (Å²) in [5.41, 5.74) is 0. The van der Waals surface area contributed by atoms with E-state index in [9.17, 15) is 9.00 Å². The first-order chi connectivity index (χ1) is 7.16. The highest BCUT2D eigenvalue weighted by atomic mass is 32.2. The van der Waals surface area contributed by atoms with Crippen LogP contribution in [0.3, 0.4) is 0 Å². The minimum Gasteiger partial charge on any atom is -0.465 e. The quantitative estimate of drug-likeness (QED) is 0.677. The van der Waals surface area contributed by atoms with Gasteiger partial charge in [-0.2, -0.15) is 0 Å². The van der Waals surface area contributed by atoms with Crippen molar-refractivity contribution in [2.45, 2.75) is 37.2 Å². The number of carbonyl (C=O) groups excluding carboxylic acids is 1. The summed E-state index contributed by atoms with van der Waals surface area (Å²) in [5.74, 6) is -0.359. The van der Waals surface area contributed by atoms with E-state index in [4.69, 9.17) is 9.47 Å². The number of carbonyl (C=O) groups is 1. The molecule has 2 unspecified atom stereocenters. The second kappa shape index (κ2) is 6.23. The number of rotatable bonds is 4. The standard InChI is InChI=1S/C10H18O4S/c1-3-14-10(11)8(2)15(12)9-4-6-13-7-5-9/h8-9H,3-7H2,1-2H3. The van der Waals surface area contributed by atoms with Crippen LogP contribution in [0.1, 0.15) is 26.7 Å². The first kappa shape index (κ1) is 12.6. The molecule has 0 saturated carbocycles. The molecule has 1 aliphatic rings. The van der Waals surface area contributed by atoms with Gasteiger partial charge in [0.2, 0.25) is 0 Å². The number of hydrogen-bond acceptors (Lipinski definition) is 4. The number of ether oxygens (including phenoxy) is 2. The van der Waals surface area contributed by atoms with Crippen LogP contribution in [0.5, 0.6) is 0 Å². The molecule has 1 saturated heterocycles. The summed E-state index contributed by atoms with van der Waals surface area (Å²) in [7, 11) is -1.14. The van der Waals surface area contributed by atoms with Crippen LogP contribution < -0.4 is 0 Å². The van der Waals surface area contributed by atoms with Crippen molar-refractivity contribution in [3.63, 3.8) is 0 Å². The van der Waals surface area contributed by atoms with Crippen molar-refractivity contribution in [3.8, 4) is 0 Å². The fraction of sp³-hybridized carbons (Fsp3) is 0.900. The summed E-state index contributed by atoms with van der Waals surface area (Å²) in [6.45, 7) is 5.05. The lowest BCUT2D eigenvalue weighted by Crippen LogP contribution is -2.35. The molecule has 0 bridgehead atoms. The van der Waals surface area contributed by atoms with Crippen LogP contribution >= 0.6 is 0 Å². The van der Waals surface area contributed by atoms with Crippen LogP contribution in [0.25, 0.3) is 0 Å². The van der Waals surface area contributed by atoms with E-state index in [0.717, 1.165) is 12.8 Å². The van der Waals surface area contributed by atoms with E-state index in [2.05, 4.69) is 0 Å². The van der Waals surface area contributed by atoms with Gasteiger partial charge in [0, 0.05) is 29.3 Å². The lowest BCUT2D eigenvalue weighted by Gasteiger charge is -2.23.